The van der Waals surface area contributed by atoms with Crippen molar-refractivity contribution in [3.63, 3.8) is 0 Å². The van der Waals surface area contributed by atoms with Crippen molar-refractivity contribution in [2.75, 3.05) is 47.1 Å². The zero-order chi connectivity index (χ0) is 11.1. The molecular weight excluding hydrogens is 194 g/mol. The Labute approximate surface area is 92.2 Å². The van der Waals surface area contributed by atoms with Crippen LogP contribution in [0.1, 0.15) is 19.3 Å². The largest absolute Gasteiger partial charge is 0.389 e. The second-order valence-corrected chi connectivity index (χ2v) is 4.34. The van der Waals surface area contributed by atoms with Gasteiger partial charge in [0.1, 0.15) is 0 Å². The first kappa shape index (κ1) is 12.9. The average molecular weight is 217 g/mol. The van der Waals surface area contributed by atoms with Gasteiger partial charge in [-0.15, -0.1) is 0 Å². The van der Waals surface area contributed by atoms with E-state index < -0.39 is 5.60 Å². The van der Waals surface area contributed by atoms with Crippen LogP contribution in [0.25, 0.3) is 0 Å². The number of methoxy groups -OCH3 is 2. The minimum absolute atomic E-state index is 0.443. The summed E-state index contributed by atoms with van der Waals surface area (Å²) < 4.78 is 10.1. The second kappa shape index (κ2) is 6.43. The zero-order valence-electron chi connectivity index (χ0n) is 9.87. The zero-order valence-corrected chi connectivity index (χ0v) is 9.87. The van der Waals surface area contributed by atoms with E-state index >= 15 is 0 Å². The molecule has 15 heavy (non-hydrogen) atoms. The highest BCUT2D eigenvalue weighted by Crippen LogP contribution is 2.32. The first-order valence-electron chi connectivity index (χ1n) is 5.63. The maximum absolute atomic E-state index is 10.1. The summed E-state index contributed by atoms with van der Waals surface area (Å²) in [5.41, 5.74) is -0.443. The Balaban J connectivity index is 2.26. The maximum atomic E-state index is 10.1. The van der Waals surface area contributed by atoms with E-state index in [1.807, 2.05) is 0 Å². The molecule has 0 atom stereocenters. The van der Waals surface area contributed by atoms with Gasteiger partial charge in [-0.2, -0.15) is 0 Å². The predicted octanol–water partition coefficient (Wildman–Crippen LogP) is 0.496. The highest BCUT2D eigenvalue weighted by Gasteiger charge is 2.35. The Morgan fingerprint density at radius 2 is 1.67 bits per heavy atom. The van der Waals surface area contributed by atoms with Crippen molar-refractivity contribution in [3.8, 4) is 0 Å². The van der Waals surface area contributed by atoms with Gasteiger partial charge < -0.3 is 14.6 Å². The number of rotatable bonds is 8. The normalized spacial score (nSPS) is 19.2. The molecule has 0 aromatic rings. The molecule has 4 heteroatoms. The number of ether oxygens (including phenoxy) is 2. The second-order valence-electron chi connectivity index (χ2n) is 4.34. The summed E-state index contributed by atoms with van der Waals surface area (Å²) in [6.45, 7) is 3.89. The van der Waals surface area contributed by atoms with Gasteiger partial charge in [0.05, 0.1) is 18.8 Å². The van der Waals surface area contributed by atoms with E-state index in [9.17, 15) is 5.11 Å². The number of nitrogens with zero attached hydrogens (tertiary/aromatic N) is 1. The fourth-order valence-electron chi connectivity index (χ4n) is 1.87. The SMILES string of the molecule is COCCN(CCOC)CC1(O)CCC1. The van der Waals surface area contributed by atoms with Crippen LogP contribution in [0.4, 0.5) is 0 Å². The molecule has 90 valence electrons. The molecule has 0 unspecified atom stereocenters. The summed E-state index contributed by atoms with van der Waals surface area (Å²) in [6, 6.07) is 0. The van der Waals surface area contributed by atoms with E-state index in [0.717, 1.165) is 38.9 Å². The molecule has 1 N–H and O–H groups in total. The van der Waals surface area contributed by atoms with E-state index in [0.29, 0.717) is 13.2 Å². The van der Waals surface area contributed by atoms with Crippen LogP contribution in [-0.2, 0) is 9.47 Å². The van der Waals surface area contributed by atoms with E-state index in [1.54, 1.807) is 14.2 Å². The van der Waals surface area contributed by atoms with Crippen LogP contribution >= 0.6 is 0 Å². The summed E-state index contributed by atoms with van der Waals surface area (Å²) in [4.78, 5) is 2.21. The number of hydrogen-bond donors (Lipinski definition) is 1. The van der Waals surface area contributed by atoms with Crippen molar-refractivity contribution in [1.29, 1.82) is 0 Å². The Morgan fingerprint density at radius 1 is 1.13 bits per heavy atom. The van der Waals surface area contributed by atoms with E-state index in [-0.39, 0.29) is 0 Å². The van der Waals surface area contributed by atoms with Gasteiger partial charge in [0, 0.05) is 33.9 Å². The van der Waals surface area contributed by atoms with E-state index in [2.05, 4.69) is 4.90 Å². The molecule has 1 fully saturated rings. The number of aliphatic hydroxyl groups is 1. The minimum Gasteiger partial charge on any atom is -0.389 e. The lowest BCUT2D eigenvalue weighted by molar-refractivity contribution is -0.0639. The highest BCUT2D eigenvalue weighted by molar-refractivity contribution is 4.90. The van der Waals surface area contributed by atoms with Crippen molar-refractivity contribution >= 4 is 0 Å². The third-order valence-electron chi connectivity index (χ3n) is 3.03. The molecule has 0 bridgehead atoms. The molecule has 1 aliphatic rings. The van der Waals surface area contributed by atoms with Crippen molar-refractivity contribution < 1.29 is 14.6 Å². The molecule has 0 spiro atoms. The third kappa shape index (κ3) is 4.47. The first-order valence-corrected chi connectivity index (χ1v) is 5.63. The summed E-state index contributed by atoms with van der Waals surface area (Å²) in [7, 11) is 3.40. The lowest BCUT2D eigenvalue weighted by atomic mass is 9.80. The van der Waals surface area contributed by atoms with Crippen LogP contribution in [0.3, 0.4) is 0 Å². The van der Waals surface area contributed by atoms with Crippen LogP contribution in [-0.4, -0.2) is 62.7 Å². The molecule has 1 aliphatic carbocycles. The van der Waals surface area contributed by atoms with Crippen molar-refractivity contribution in [2.24, 2.45) is 0 Å². The fourth-order valence-corrected chi connectivity index (χ4v) is 1.87. The predicted molar refractivity (Wildman–Crippen MR) is 59.0 cm³/mol. The van der Waals surface area contributed by atoms with Crippen LogP contribution in [0.2, 0.25) is 0 Å². The van der Waals surface area contributed by atoms with Crippen molar-refractivity contribution in [3.05, 3.63) is 0 Å². The van der Waals surface area contributed by atoms with Gasteiger partial charge in [-0.1, -0.05) is 0 Å². The molecule has 1 saturated carbocycles. The molecule has 0 saturated heterocycles. The molecule has 0 amide bonds. The van der Waals surface area contributed by atoms with Gasteiger partial charge in [-0.3, -0.25) is 4.90 Å². The van der Waals surface area contributed by atoms with Gasteiger partial charge in [0.25, 0.3) is 0 Å². The van der Waals surface area contributed by atoms with Crippen LogP contribution in [0.5, 0.6) is 0 Å². The summed E-state index contributed by atoms with van der Waals surface area (Å²) >= 11 is 0. The number of hydrogen-bond acceptors (Lipinski definition) is 4. The smallest absolute Gasteiger partial charge is 0.0774 e. The Bertz CT molecular complexity index is 163. The minimum atomic E-state index is -0.443. The molecule has 4 nitrogen and oxygen atoms in total. The topological polar surface area (TPSA) is 41.9 Å². The van der Waals surface area contributed by atoms with Crippen LogP contribution < -0.4 is 0 Å². The van der Waals surface area contributed by atoms with Crippen molar-refractivity contribution in [2.45, 2.75) is 24.9 Å². The molecule has 0 heterocycles. The van der Waals surface area contributed by atoms with Gasteiger partial charge in [-0.25, -0.2) is 0 Å². The standard InChI is InChI=1S/C11H23NO3/c1-14-8-6-12(7-9-15-2)10-11(13)4-3-5-11/h13H,3-10H2,1-2H3. The lowest BCUT2D eigenvalue weighted by Gasteiger charge is -2.40. The monoisotopic (exact) mass is 217 g/mol. The molecule has 0 aliphatic heterocycles. The third-order valence-corrected chi connectivity index (χ3v) is 3.03. The molecule has 0 aromatic heterocycles. The molecule has 0 aromatic carbocycles. The van der Waals surface area contributed by atoms with E-state index in [1.165, 1.54) is 0 Å². The van der Waals surface area contributed by atoms with Gasteiger partial charge in [-0.05, 0) is 19.3 Å². The summed E-state index contributed by atoms with van der Waals surface area (Å²) in [6.07, 6.45) is 3.02. The van der Waals surface area contributed by atoms with Crippen LogP contribution in [0.15, 0.2) is 0 Å². The quantitative estimate of drug-likeness (QED) is 0.643. The van der Waals surface area contributed by atoms with Gasteiger partial charge in [0.15, 0.2) is 0 Å². The first-order chi connectivity index (χ1) is 7.20. The Kier molecular flexibility index (Phi) is 5.53. The van der Waals surface area contributed by atoms with Gasteiger partial charge >= 0.3 is 0 Å². The summed E-state index contributed by atoms with van der Waals surface area (Å²) in [5, 5.41) is 10.1. The average Bonchev–Trinajstić information content (AvgIpc) is 2.19. The molecule has 0 radical (unpaired) electrons. The maximum Gasteiger partial charge on any atom is 0.0774 e. The van der Waals surface area contributed by atoms with E-state index in [4.69, 9.17) is 9.47 Å². The molecule has 1 rings (SSSR count). The highest BCUT2D eigenvalue weighted by atomic mass is 16.5. The summed E-state index contributed by atoms with van der Waals surface area (Å²) in [5.74, 6) is 0. The van der Waals surface area contributed by atoms with Crippen molar-refractivity contribution in [1.82, 2.24) is 4.90 Å². The lowest BCUT2D eigenvalue weighted by Crippen LogP contribution is -2.49. The Morgan fingerprint density at radius 3 is 2.00 bits per heavy atom. The Hall–Kier alpha value is -0.160. The van der Waals surface area contributed by atoms with Gasteiger partial charge in [0.2, 0.25) is 0 Å². The molecular formula is C11H23NO3. The fraction of sp³-hybridized carbons (Fsp3) is 1.00. The van der Waals surface area contributed by atoms with Crippen LogP contribution in [0, 0.1) is 0 Å².